The van der Waals surface area contributed by atoms with Crippen LogP contribution < -0.4 is 5.32 Å². The fraction of sp³-hybridized carbons (Fsp3) is 0.526. The van der Waals surface area contributed by atoms with Crippen molar-refractivity contribution in [2.24, 2.45) is 5.41 Å². The zero-order valence-electron chi connectivity index (χ0n) is 15.2. The summed E-state index contributed by atoms with van der Waals surface area (Å²) in [6.07, 6.45) is 1.79. The molecule has 1 N–H and O–H groups in total. The summed E-state index contributed by atoms with van der Waals surface area (Å²) >= 11 is 0. The molecule has 2 aliphatic heterocycles. The minimum absolute atomic E-state index is 0.0522. The second-order valence-corrected chi connectivity index (χ2v) is 7.38. The van der Waals surface area contributed by atoms with Gasteiger partial charge < -0.3 is 19.5 Å². The number of nitrogens with zero attached hydrogens (tertiary/aromatic N) is 3. The molecule has 2 aliphatic rings. The molecule has 2 saturated heterocycles. The number of likely N-dealkylation sites (tertiary alicyclic amines) is 1. The van der Waals surface area contributed by atoms with E-state index < -0.39 is 0 Å². The number of carbonyl (C=O) groups is 1. The van der Waals surface area contributed by atoms with Crippen LogP contribution in [-0.2, 0) is 4.74 Å². The highest BCUT2D eigenvalue weighted by molar-refractivity contribution is 5.89. The lowest BCUT2D eigenvalue weighted by Crippen LogP contribution is -2.38. The number of rotatable bonds is 2. The van der Waals surface area contributed by atoms with E-state index in [2.05, 4.69) is 15.5 Å². The van der Waals surface area contributed by atoms with Gasteiger partial charge in [0.05, 0.1) is 5.92 Å². The molecule has 0 aliphatic carbocycles. The Morgan fingerprint density at radius 3 is 2.62 bits per heavy atom. The molecule has 2 fully saturated rings. The fourth-order valence-electron chi connectivity index (χ4n) is 4.04. The van der Waals surface area contributed by atoms with Crippen LogP contribution in [-0.4, -0.2) is 47.4 Å². The molecule has 2 amide bonds. The van der Waals surface area contributed by atoms with Crippen LogP contribution >= 0.6 is 0 Å². The lowest BCUT2D eigenvalue weighted by molar-refractivity contribution is 0.00959. The van der Waals surface area contributed by atoms with Gasteiger partial charge in [0.15, 0.2) is 5.82 Å². The SMILES string of the molecule is Cc1ccc(NC(=O)N2C[C@@H](c3nc(C)no3)C3(CCOCC3)C2)cc1. The van der Waals surface area contributed by atoms with Gasteiger partial charge >= 0.3 is 6.03 Å². The molecule has 1 atom stereocenters. The summed E-state index contributed by atoms with van der Waals surface area (Å²) in [5, 5.41) is 6.95. The lowest BCUT2D eigenvalue weighted by atomic mass is 9.72. The van der Waals surface area contributed by atoms with E-state index in [1.165, 1.54) is 0 Å². The van der Waals surface area contributed by atoms with Crippen molar-refractivity contribution in [3.8, 4) is 0 Å². The molecule has 7 heteroatoms. The summed E-state index contributed by atoms with van der Waals surface area (Å²) in [5.74, 6) is 1.32. The maximum Gasteiger partial charge on any atom is 0.321 e. The number of amides is 2. The molecule has 0 saturated carbocycles. The molecule has 138 valence electrons. The van der Waals surface area contributed by atoms with E-state index in [1.807, 2.05) is 43.0 Å². The van der Waals surface area contributed by atoms with Crippen LogP contribution in [0.1, 0.15) is 36.0 Å². The Balaban J connectivity index is 1.54. The first-order valence-corrected chi connectivity index (χ1v) is 9.06. The summed E-state index contributed by atoms with van der Waals surface area (Å²) in [6, 6.07) is 7.74. The minimum atomic E-state index is -0.0848. The quantitative estimate of drug-likeness (QED) is 0.894. The van der Waals surface area contributed by atoms with E-state index in [4.69, 9.17) is 9.26 Å². The summed E-state index contributed by atoms with van der Waals surface area (Å²) in [7, 11) is 0. The molecule has 3 heterocycles. The van der Waals surface area contributed by atoms with Crippen LogP contribution in [0.15, 0.2) is 28.8 Å². The maximum atomic E-state index is 12.8. The third kappa shape index (κ3) is 3.19. The number of carbonyl (C=O) groups excluding carboxylic acids is 1. The highest BCUT2D eigenvalue weighted by Crippen LogP contribution is 2.49. The number of hydrogen-bond acceptors (Lipinski definition) is 5. The minimum Gasteiger partial charge on any atom is -0.381 e. The van der Waals surface area contributed by atoms with Crippen molar-refractivity contribution in [1.82, 2.24) is 15.0 Å². The van der Waals surface area contributed by atoms with E-state index in [0.29, 0.717) is 38.0 Å². The van der Waals surface area contributed by atoms with Gasteiger partial charge in [-0.05, 0) is 38.8 Å². The van der Waals surface area contributed by atoms with E-state index in [-0.39, 0.29) is 17.4 Å². The van der Waals surface area contributed by atoms with Crippen LogP contribution in [0.5, 0.6) is 0 Å². The van der Waals surface area contributed by atoms with Gasteiger partial charge in [-0.15, -0.1) is 0 Å². The second-order valence-electron chi connectivity index (χ2n) is 7.38. The number of ether oxygens (including phenoxy) is 1. The largest absolute Gasteiger partial charge is 0.381 e. The van der Waals surface area contributed by atoms with Crippen molar-refractivity contribution in [2.45, 2.75) is 32.6 Å². The van der Waals surface area contributed by atoms with E-state index in [9.17, 15) is 4.79 Å². The van der Waals surface area contributed by atoms with Crippen molar-refractivity contribution in [1.29, 1.82) is 0 Å². The van der Waals surface area contributed by atoms with Gasteiger partial charge in [-0.1, -0.05) is 22.9 Å². The summed E-state index contributed by atoms with van der Waals surface area (Å²) in [5.41, 5.74) is 1.91. The van der Waals surface area contributed by atoms with Crippen molar-refractivity contribution < 1.29 is 14.1 Å². The lowest BCUT2D eigenvalue weighted by Gasteiger charge is -2.36. The monoisotopic (exact) mass is 356 g/mol. The molecule has 0 unspecified atom stereocenters. The summed E-state index contributed by atoms with van der Waals surface area (Å²) in [6.45, 7) is 6.52. The number of benzene rings is 1. The molecule has 1 aromatic carbocycles. The highest BCUT2D eigenvalue weighted by Gasteiger charge is 2.51. The van der Waals surface area contributed by atoms with Crippen molar-refractivity contribution in [2.75, 3.05) is 31.6 Å². The van der Waals surface area contributed by atoms with E-state index in [1.54, 1.807) is 0 Å². The molecule has 26 heavy (non-hydrogen) atoms. The molecule has 0 radical (unpaired) electrons. The molecular weight excluding hydrogens is 332 g/mol. The predicted octanol–water partition coefficient (Wildman–Crippen LogP) is 3.11. The molecule has 4 rings (SSSR count). The molecule has 2 aromatic rings. The number of hydrogen-bond donors (Lipinski definition) is 1. The average Bonchev–Trinajstić information content (AvgIpc) is 3.22. The first-order chi connectivity index (χ1) is 12.6. The Morgan fingerprint density at radius 2 is 1.96 bits per heavy atom. The van der Waals surface area contributed by atoms with Crippen molar-refractivity contribution in [3.63, 3.8) is 0 Å². The third-order valence-electron chi connectivity index (χ3n) is 5.57. The van der Waals surface area contributed by atoms with Gasteiger partial charge in [-0.3, -0.25) is 0 Å². The Bertz CT molecular complexity index is 780. The van der Waals surface area contributed by atoms with Gasteiger partial charge in [0, 0.05) is 37.4 Å². The zero-order chi connectivity index (χ0) is 18.1. The zero-order valence-corrected chi connectivity index (χ0v) is 15.2. The number of nitrogens with one attached hydrogen (secondary N) is 1. The van der Waals surface area contributed by atoms with Crippen LogP contribution in [0.2, 0.25) is 0 Å². The number of anilines is 1. The van der Waals surface area contributed by atoms with Crippen molar-refractivity contribution in [3.05, 3.63) is 41.5 Å². The first kappa shape index (κ1) is 17.0. The molecular formula is C19H24N4O3. The van der Waals surface area contributed by atoms with Gasteiger partial charge in [-0.2, -0.15) is 4.98 Å². The standard InChI is InChI=1S/C19H24N4O3/c1-13-3-5-15(6-4-13)21-18(24)23-11-16(17-20-14(2)22-26-17)19(12-23)7-9-25-10-8-19/h3-6,16H,7-12H2,1-2H3,(H,21,24)/t16-/m0/s1. The van der Waals surface area contributed by atoms with Gasteiger partial charge in [-0.25, -0.2) is 4.79 Å². The number of aromatic nitrogens is 2. The Hall–Kier alpha value is -2.41. The van der Waals surface area contributed by atoms with Gasteiger partial charge in [0.1, 0.15) is 0 Å². The predicted molar refractivity (Wildman–Crippen MR) is 96.0 cm³/mol. The molecule has 0 bridgehead atoms. The molecule has 7 nitrogen and oxygen atoms in total. The topological polar surface area (TPSA) is 80.5 Å². The Morgan fingerprint density at radius 1 is 1.23 bits per heavy atom. The average molecular weight is 356 g/mol. The van der Waals surface area contributed by atoms with Gasteiger partial charge in [0.2, 0.25) is 5.89 Å². The highest BCUT2D eigenvalue weighted by atomic mass is 16.5. The smallest absolute Gasteiger partial charge is 0.321 e. The number of urea groups is 1. The van der Waals surface area contributed by atoms with Crippen LogP contribution in [0.3, 0.4) is 0 Å². The van der Waals surface area contributed by atoms with E-state index in [0.717, 1.165) is 24.1 Å². The van der Waals surface area contributed by atoms with E-state index >= 15 is 0 Å². The third-order valence-corrected chi connectivity index (χ3v) is 5.57. The van der Waals surface area contributed by atoms with Crippen LogP contribution in [0.25, 0.3) is 0 Å². The maximum absolute atomic E-state index is 12.8. The van der Waals surface area contributed by atoms with Crippen molar-refractivity contribution >= 4 is 11.7 Å². The van der Waals surface area contributed by atoms with Gasteiger partial charge in [0.25, 0.3) is 0 Å². The summed E-state index contributed by atoms with van der Waals surface area (Å²) in [4.78, 5) is 19.1. The molecule has 1 spiro atoms. The van der Waals surface area contributed by atoms with Crippen LogP contribution in [0, 0.1) is 19.3 Å². The second kappa shape index (κ2) is 6.72. The Kier molecular flexibility index (Phi) is 4.40. The normalized spacial score (nSPS) is 21.9. The summed E-state index contributed by atoms with van der Waals surface area (Å²) < 4.78 is 11.0. The fourth-order valence-corrected chi connectivity index (χ4v) is 4.04. The Labute approximate surface area is 152 Å². The van der Waals surface area contributed by atoms with Crippen LogP contribution in [0.4, 0.5) is 10.5 Å². The molecule has 1 aromatic heterocycles. The first-order valence-electron chi connectivity index (χ1n) is 9.06. The number of aryl methyl sites for hydroxylation is 2.